The standard InChI is InChI=1S/C41H31NO3/c1-3-8-32(9-4-1)34-17-13-30(14-18-34)28-43-40-24-22-38(45-37-21-23-39-36(26-37)12-7-25-42-39)27-41(40)44-29-31-15-19-35(20-16-31)33-10-5-2-6-11-33/h1-27H,28-29H2. The van der Waals surface area contributed by atoms with E-state index in [1.165, 1.54) is 22.3 Å². The first-order chi connectivity index (χ1) is 22.3. The Morgan fingerprint density at radius 1 is 0.422 bits per heavy atom. The molecule has 0 fully saturated rings. The van der Waals surface area contributed by atoms with E-state index in [2.05, 4.69) is 102 Å². The van der Waals surface area contributed by atoms with Gasteiger partial charge in [0.15, 0.2) is 11.5 Å². The Balaban J connectivity index is 1.10. The van der Waals surface area contributed by atoms with Crippen LogP contribution in [0.5, 0.6) is 23.0 Å². The molecule has 7 rings (SSSR count). The van der Waals surface area contributed by atoms with Crippen molar-refractivity contribution in [3.63, 3.8) is 0 Å². The highest BCUT2D eigenvalue weighted by atomic mass is 16.5. The van der Waals surface area contributed by atoms with Crippen LogP contribution >= 0.6 is 0 Å². The van der Waals surface area contributed by atoms with E-state index in [-0.39, 0.29) is 0 Å². The van der Waals surface area contributed by atoms with E-state index in [0.717, 1.165) is 27.8 Å². The Kier molecular flexibility index (Phi) is 8.19. The molecule has 0 saturated carbocycles. The van der Waals surface area contributed by atoms with Crippen molar-refractivity contribution in [3.05, 3.63) is 175 Å². The van der Waals surface area contributed by atoms with Crippen LogP contribution in [0.3, 0.4) is 0 Å². The summed E-state index contributed by atoms with van der Waals surface area (Å²) in [6, 6.07) is 53.1. The van der Waals surface area contributed by atoms with E-state index in [1.807, 2.05) is 60.7 Å². The minimum Gasteiger partial charge on any atom is -0.485 e. The lowest BCUT2D eigenvalue weighted by Gasteiger charge is -2.15. The molecule has 0 N–H and O–H groups in total. The molecule has 0 saturated heterocycles. The lowest BCUT2D eigenvalue weighted by molar-refractivity contribution is 0.255. The second-order valence-electron chi connectivity index (χ2n) is 10.8. The fourth-order valence-corrected chi connectivity index (χ4v) is 5.21. The molecule has 0 aliphatic carbocycles. The van der Waals surface area contributed by atoms with Gasteiger partial charge in [-0.05, 0) is 69.8 Å². The molecule has 0 amide bonds. The van der Waals surface area contributed by atoms with Crippen LogP contribution in [0.1, 0.15) is 11.1 Å². The number of pyridine rings is 1. The van der Waals surface area contributed by atoms with Crippen LogP contribution in [0.15, 0.2) is 164 Å². The Morgan fingerprint density at radius 3 is 1.58 bits per heavy atom. The first kappa shape index (κ1) is 27.9. The molecule has 0 aliphatic heterocycles. The quantitative estimate of drug-likeness (QED) is 0.160. The maximum atomic E-state index is 6.37. The summed E-state index contributed by atoms with van der Waals surface area (Å²) in [6.07, 6.45) is 1.79. The fraction of sp³-hybridized carbons (Fsp3) is 0.0488. The molecule has 0 atom stereocenters. The number of benzene rings is 6. The van der Waals surface area contributed by atoms with Gasteiger partial charge in [0.05, 0.1) is 5.52 Å². The summed E-state index contributed by atoms with van der Waals surface area (Å²) in [7, 11) is 0. The number of ether oxygens (including phenoxy) is 3. The average Bonchev–Trinajstić information content (AvgIpc) is 3.11. The topological polar surface area (TPSA) is 40.6 Å². The van der Waals surface area contributed by atoms with Gasteiger partial charge in [0.1, 0.15) is 24.7 Å². The summed E-state index contributed by atoms with van der Waals surface area (Å²) in [5.74, 6) is 2.65. The third-order valence-electron chi connectivity index (χ3n) is 7.64. The zero-order valence-corrected chi connectivity index (χ0v) is 24.7. The number of fused-ring (bicyclic) bond motifs is 1. The molecule has 0 aliphatic rings. The van der Waals surface area contributed by atoms with E-state index in [9.17, 15) is 0 Å². The molecule has 45 heavy (non-hydrogen) atoms. The second-order valence-corrected chi connectivity index (χ2v) is 10.8. The highest BCUT2D eigenvalue weighted by Crippen LogP contribution is 2.35. The zero-order valence-electron chi connectivity index (χ0n) is 24.7. The summed E-state index contributed by atoms with van der Waals surface area (Å²) < 4.78 is 18.9. The monoisotopic (exact) mass is 585 g/mol. The predicted octanol–water partition coefficient (Wildman–Crippen LogP) is 10.5. The molecule has 7 aromatic rings. The largest absolute Gasteiger partial charge is 0.485 e. The van der Waals surface area contributed by atoms with Gasteiger partial charge in [-0.1, -0.05) is 115 Å². The van der Waals surface area contributed by atoms with Gasteiger partial charge in [-0.25, -0.2) is 0 Å². The smallest absolute Gasteiger partial charge is 0.165 e. The second kappa shape index (κ2) is 13.2. The highest BCUT2D eigenvalue weighted by Gasteiger charge is 2.11. The Labute approximate surface area is 263 Å². The van der Waals surface area contributed by atoms with Crippen molar-refractivity contribution in [3.8, 4) is 45.3 Å². The minimum atomic E-state index is 0.391. The van der Waals surface area contributed by atoms with E-state index >= 15 is 0 Å². The third kappa shape index (κ3) is 6.87. The molecule has 0 bridgehead atoms. The zero-order chi connectivity index (χ0) is 30.3. The molecule has 6 aromatic carbocycles. The SMILES string of the molecule is c1ccc(-c2ccc(COc3ccc(Oc4ccc5ncccc5c4)cc3OCc3ccc(-c4ccccc4)cc3)cc2)cc1. The molecular formula is C41H31NO3. The molecule has 4 heteroatoms. The number of hydrogen-bond acceptors (Lipinski definition) is 4. The molecule has 0 radical (unpaired) electrons. The third-order valence-corrected chi connectivity index (χ3v) is 7.64. The van der Waals surface area contributed by atoms with Gasteiger partial charge in [0.2, 0.25) is 0 Å². The number of hydrogen-bond donors (Lipinski definition) is 0. The number of aromatic nitrogens is 1. The Bertz CT molecular complexity index is 2010. The van der Waals surface area contributed by atoms with Crippen LogP contribution in [0.25, 0.3) is 33.2 Å². The Morgan fingerprint density at radius 2 is 0.956 bits per heavy atom. The molecule has 1 aromatic heterocycles. The van der Waals surface area contributed by atoms with Gasteiger partial charge in [-0.15, -0.1) is 0 Å². The van der Waals surface area contributed by atoms with Crippen molar-refractivity contribution >= 4 is 10.9 Å². The molecule has 1 heterocycles. The van der Waals surface area contributed by atoms with Crippen molar-refractivity contribution < 1.29 is 14.2 Å². The normalized spacial score (nSPS) is 10.8. The maximum Gasteiger partial charge on any atom is 0.165 e. The average molecular weight is 586 g/mol. The van der Waals surface area contributed by atoms with Crippen LogP contribution in [0, 0.1) is 0 Å². The molecule has 4 nitrogen and oxygen atoms in total. The van der Waals surface area contributed by atoms with Gasteiger partial charge in [-0.3, -0.25) is 4.98 Å². The van der Waals surface area contributed by atoms with Gasteiger partial charge < -0.3 is 14.2 Å². The van der Waals surface area contributed by atoms with Crippen LogP contribution in [0.2, 0.25) is 0 Å². The molecule has 0 spiro atoms. The van der Waals surface area contributed by atoms with Crippen LogP contribution in [0.4, 0.5) is 0 Å². The van der Waals surface area contributed by atoms with Crippen LogP contribution in [-0.2, 0) is 13.2 Å². The fourth-order valence-electron chi connectivity index (χ4n) is 5.21. The number of rotatable bonds is 10. The van der Waals surface area contributed by atoms with Crippen molar-refractivity contribution in [1.82, 2.24) is 4.98 Å². The summed E-state index contributed by atoms with van der Waals surface area (Å²) in [5, 5.41) is 1.02. The molecular weight excluding hydrogens is 554 g/mol. The van der Waals surface area contributed by atoms with E-state index in [0.29, 0.717) is 30.5 Å². The van der Waals surface area contributed by atoms with E-state index in [1.54, 1.807) is 6.20 Å². The van der Waals surface area contributed by atoms with Crippen LogP contribution in [-0.4, -0.2) is 4.98 Å². The highest BCUT2D eigenvalue weighted by molar-refractivity contribution is 5.80. The predicted molar refractivity (Wildman–Crippen MR) is 181 cm³/mol. The van der Waals surface area contributed by atoms with E-state index in [4.69, 9.17) is 14.2 Å². The van der Waals surface area contributed by atoms with Gasteiger partial charge in [0.25, 0.3) is 0 Å². The Hall–Kier alpha value is -5.87. The lowest BCUT2D eigenvalue weighted by atomic mass is 10.0. The minimum absolute atomic E-state index is 0.391. The molecule has 218 valence electrons. The summed E-state index contributed by atoms with van der Waals surface area (Å²) in [5.41, 5.74) is 7.78. The van der Waals surface area contributed by atoms with Gasteiger partial charge in [0, 0.05) is 17.6 Å². The summed E-state index contributed by atoms with van der Waals surface area (Å²) in [4.78, 5) is 4.40. The van der Waals surface area contributed by atoms with Crippen molar-refractivity contribution in [2.24, 2.45) is 0 Å². The summed E-state index contributed by atoms with van der Waals surface area (Å²) in [6.45, 7) is 0.803. The first-order valence-corrected chi connectivity index (χ1v) is 15.0. The van der Waals surface area contributed by atoms with Crippen molar-refractivity contribution in [2.75, 3.05) is 0 Å². The van der Waals surface area contributed by atoms with E-state index < -0.39 is 0 Å². The lowest BCUT2D eigenvalue weighted by Crippen LogP contribution is -2.01. The van der Waals surface area contributed by atoms with Crippen molar-refractivity contribution in [2.45, 2.75) is 13.2 Å². The van der Waals surface area contributed by atoms with Gasteiger partial charge >= 0.3 is 0 Å². The molecule has 0 unspecified atom stereocenters. The summed E-state index contributed by atoms with van der Waals surface area (Å²) >= 11 is 0. The van der Waals surface area contributed by atoms with Crippen molar-refractivity contribution in [1.29, 1.82) is 0 Å². The van der Waals surface area contributed by atoms with Crippen LogP contribution < -0.4 is 14.2 Å². The number of nitrogens with zero attached hydrogens (tertiary/aromatic N) is 1. The van der Waals surface area contributed by atoms with Gasteiger partial charge in [-0.2, -0.15) is 0 Å². The maximum absolute atomic E-state index is 6.37. The first-order valence-electron chi connectivity index (χ1n) is 15.0.